The first-order valence-corrected chi connectivity index (χ1v) is 4.97. The van der Waals surface area contributed by atoms with Gasteiger partial charge in [0.1, 0.15) is 0 Å². The average Bonchev–Trinajstić information content (AvgIpc) is 2.20. The maximum Gasteiger partial charge on any atom is 0.0740 e. The summed E-state index contributed by atoms with van der Waals surface area (Å²) in [5.41, 5.74) is 0.909. The van der Waals surface area contributed by atoms with E-state index >= 15 is 0 Å². The molecule has 0 atom stereocenters. The molecule has 0 saturated carbocycles. The van der Waals surface area contributed by atoms with Gasteiger partial charge in [0.05, 0.1) is 6.21 Å². The number of oxime groups is 1. The zero-order valence-electron chi connectivity index (χ0n) is 7.31. The zero-order valence-corrected chi connectivity index (χ0v) is 8.90. The van der Waals surface area contributed by atoms with Gasteiger partial charge >= 0.3 is 0 Å². The highest BCUT2D eigenvalue weighted by atomic mass is 79.9. The fraction of sp³-hybridized carbons (Fsp3) is 0. The van der Waals surface area contributed by atoms with Crippen LogP contribution in [0.25, 0.3) is 10.8 Å². The van der Waals surface area contributed by atoms with E-state index in [0.29, 0.717) is 0 Å². The Morgan fingerprint density at radius 3 is 2.57 bits per heavy atom. The van der Waals surface area contributed by atoms with E-state index in [1.165, 1.54) is 6.21 Å². The first-order valence-electron chi connectivity index (χ1n) is 4.17. The molecule has 70 valence electrons. The van der Waals surface area contributed by atoms with Crippen LogP contribution >= 0.6 is 15.9 Å². The molecule has 1 N–H and O–H groups in total. The van der Waals surface area contributed by atoms with Crippen LogP contribution in [0.2, 0.25) is 0 Å². The van der Waals surface area contributed by atoms with Crippen molar-refractivity contribution >= 4 is 32.9 Å². The molecule has 0 radical (unpaired) electrons. The Balaban J connectivity index is 2.81. The summed E-state index contributed by atoms with van der Waals surface area (Å²) in [7, 11) is 0. The van der Waals surface area contributed by atoms with Crippen molar-refractivity contribution in [2.24, 2.45) is 5.16 Å². The minimum Gasteiger partial charge on any atom is -0.411 e. The van der Waals surface area contributed by atoms with E-state index in [1.807, 2.05) is 36.4 Å². The summed E-state index contributed by atoms with van der Waals surface area (Å²) in [5.74, 6) is 0. The molecular formula is C11H8BrNO. The smallest absolute Gasteiger partial charge is 0.0740 e. The number of halogens is 1. The summed E-state index contributed by atoms with van der Waals surface area (Å²) in [5, 5.41) is 13.7. The Morgan fingerprint density at radius 2 is 1.79 bits per heavy atom. The van der Waals surface area contributed by atoms with Gasteiger partial charge in [0.25, 0.3) is 0 Å². The second-order valence-corrected chi connectivity index (χ2v) is 3.78. The quantitative estimate of drug-likeness (QED) is 0.469. The molecule has 3 heteroatoms. The zero-order chi connectivity index (χ0) is 9.97. The fourth-order valence-electron chi connectivity index (χ4n) is 1.47. The molecule has 0 aliphatic heterocycles. The van der Waals surface area contributed by atoms with Gasteiger partial charge in [0, 0.05) is 10.0 Å². The molecule has 0 fully saturated rings. The van der Waals surface area contributed by atoms with Crippen molar-refractivity contribution < 1.29 is 5.21 Å². The van der Waals surface area contributed by atoms with Crippen molar-refractivity contribution in [3.05, 3.63) is 46.4 Å². The molecule has 0 unspecified atom stereocenters. The number of nitrogens with zero attached hydrogens (tertiary/aromatic N) is 1. The van der Waals surface area contributed by atoms with Gasteiger partial charge in [0.2, 0.25) is 0 Å². The molecule has 2 aromatic carbocycles. The highest BCUT2D eigenvalue weighted by molar-refractivity contribution is 9.10. The van der Waals surface area contributed by atoms with Gasteiger partial charge in [-0.2, -0.15) is 0 Å². The summed E-state index contributed by atoms with van der Waals surface area (Å²) in [6.45, 7) is 0. The van der Waals surface area contributed by atoms with Gasteiger partial charge < -0.3 is 5.21 Å². The van der Waals surface area contributed by atoms with Gasteiger partial charge in [-0.05, 0) is 16.8 Å². The number of rotatable bonds is 1. The van der Waals surface area contributed by atoms with Crippen molar-refractivity contribution in [1.82, 2.24) is 0 Å². The lowest BCUT2D eigenvalue weighted by atomic mass is 10.1. The third-order valence-corrected chi connectivity index (χ3v) is 2.79. The van der Waals surface area contributed by atoms with E-state index in [9.17, 15) is 0 Å². The third-order valence-electron chi connectivity index (χ3n) is 2.10. The predicted octanol–water partition coefficient (Wildman–Crippen LogP) is 3.41. The Morgan fingerprint density at radius 1 is 1.07 bits per heavy atom. The molecule has 0 aromatic heterocycles. The molecule has 0 heterocycles. The maximum absolute atomic E-state index is 8.51. The fourth-order valence-corrected chi connectivity index (χ4v) is 1.97. The van der Waals surface area contributed by atoms with Crippen LogP contribution in [0.1, 0.15) is 5.56 Å². The Bertz CT molecular complexity index is 494. The standard InChI is InChI=1S/C11H8BrNO/c12-11-6-2-4-9-8(7-13-14)3-1-5-10(9)11/h1-7,14H. The van der Waals surface area contributed by atoms with Crippen LogP contribution in [0, 0.1) is 0 Å². The highest BCUT2D eigenvalue weighted by Gasteiger charge is 2.00. The van der Waals surface area contributed by atoms with Crippen molar-refractivity contribution in [3.8, 4) is 0 Å². The van der Waals surface area contributed by atoms with Crippen molar-refractivity contribution in [2.45, 2.75) is 0 Å². The largest absolute Gasteiger partial charge is 0.411 e. The number of hydrogen-bond acceptors (Lipinski definition) is 2. The SMILES string of the molecule is ON=Cc1cccc2c(Br)cccc12. The Kier molecular flexibility index (Phi) is 2.50. The van der Waals surface area contributed by atoms with E-state index < -0.39 is 0 Å². The average molecular weight is 250 g/mol. The van der Waals surface area contributed by atoms with Crippen LogP contribution < -0.4 is 0 Å². The monoisotopic (exact) mass is 249 g/mol. The molecule has 2 nitrogen and oxygen atoms in total. The summed E-state index contributed by atoms with van der Waals surface area (Å²) < 4.78 is 1.04. The summed E-state index contributed by atoms with van der Waals surface area (Å²) in [6, 6.07) is 11.8. The van der Waals surface area contributed by atoms with Gasteiger partial charge in [-0.25, -0.2) is 0 Å². The molecule has 2 rings (SSSR count). The normalized spacial score (nSPS) is 11.2. The molecule has 2 aromatic rings. The predicted molar refractivity (Wildman–Crippen MR) is 61.0 cm³/mol. The van der Waals surface area contributed by atoms with Crippen molar-refractivity contribution in [3.63, 3.8) is 0 Å². The minimum atomic E-state index is 0.909. The van der Waals surface area contributed by atoms with E-state index in [-0.39, 0.29) is 0 Å². The molecule has 0 saturated heterocycles. The van der Waals surface area contributed by atoms with Crippen molar-refractivity contribution in [1.29, 1.82) is 0 Å². The Labute approximate surface area is 90.0 Å². The van der Waals surface area contributed by atoms with E-state index in [1.54, 1.807) is 0 Å². The second kappa shape index (κ2) is 3.80. The summed E-state index contributed by atoms with van der Waals surface area (Å²) in [6.07, 6.45) is 1.44. The summed E-state index contributed by atoms with van der Waals surface area (Å²) >= 11 is 3.48. The minimum absolute atomic E-state index is 0.909. The van der Waals surface area contributed by atoms with Crippen LogP contribution in [-0.4, -0.2) is 11.4 Å². The maximum atomic E-state index is 8.51. The van der Waals surface area contributed by atoms with Crippen molar-refractivity contribution in [2.75, 3.05) is 0 Å². The molecule has 0 aliphatic rings. The lowest BCUT2D eigenvalue weighted by molar-refractivity contribution is 0.322. The topological polar surface area (TPSA) is 32.6 Å². The van der Waals surface area contributed by atoms with Crippen LogP contribution in [0.4, 0.5) is 0 Å². The van der Waals surface area contributed by atoms with Crippen LogP contribution in [0.5, 0.6) is 0 Å². The van der Waals surface area contributed by atoms with Gasteiger partial charge in [-0.3, -0.25) is 0 Å². The molecule has 0 aliphatic carbocycles. The Hall–Kier alpha value is -1.35. The number of benzene rings is 2. The van der Waals surface area contributed by atoms with Gasteiger partial charge in [0.15, 0.2) is 0 Å². The summed E-state index contributed by atoms with van der Waals surface area (Å²) in [4.78, 5) is 0. The van der Waals surface area contributed by atoms with E-state index in [2.05, 4.69) is 21.1 Å². The van der Waals surface area contributed by atoms with E-state index in [4.69, 9.17) is 5.21 Å². The van der Waals surface area contributed by atoms with Gasteiger partial charge in [-0.1, -0.05) is 51.4 Å². The number of fused-ring (bicyclic) bond motifs is 1. The number of hydrogen-bond donors (Lipinski definition) is 1. The second-order valence-electron chi connectivity index (χ2n) is 2.93. The first-order chi connectivity index (χ1) is 6.83. The first kappa shape index (κ1) is 9.21. The third kappa shape index (κ3) is 1.51. The van der Waals surface area contributed by atoms with Crippen LogP contribution in [0.3, 0.4) is 0 Å². The lowest BCUT2D eigenvalue weighted by Gasteiger charge is -2.02. The molecule has 0 amide bonds. The molecule has 0 bridgehead atoms. The molecular weight excluding hydrogens is 242 g/mol. The van der Waals surface area contributed by atoms with Crippen LogP contribution in [0.15, 0.2) is 46.0 Å². The lowest BCUT2D eigenvalue weighted by Crippen LogP contribution is -1.84. The van der Waals surface area contributed by atoms with Crippen LogP contribution in [-0.2, 0) is 0 Å². The van der Waals surface area contributed by atoms with Gasteiger partial charge in [-0.15, -0.1) is 0 Å². The molecule has 14 heavy (non-hydrogen) atoms. The highest BCUT2D eigenvalue weighted by Crippen LogP contribution is 2.25. The molecule has 0 spiro atoms. The van der Waals surface area contributed by atoms with E-state index in [0.717, 1.165) is 20.8 Å².